The number of nitrogens with one attached hydrogen (secondary N) is 1. The number of hydrogen-bond donors (Lipinski definition) is 1. The lowest BCUT2D eigenvalue weighted by Gasteiger charge is -2.31. The zero-order valence-corrected chi connectivity index (χ0v) is 16.1. The molecule has 0 saturated carbocycles. The summed E-state index contributed by atoms with van der Waals surface area (Å²) in [7, 11) is 0. The van der Waals surface area contributed by atoms with Crippen LogP contribution in [-0.2, 0) is 14.3 Å². The molecule has 0 aliphatic carbocycles. The van der Waals surface area contributed by atoms with Gasteiger partial charge in [0.25, 0.3) is 11.8 Å². The van der Waals surface area contributed by atoms with Gasteiger partial charge >= 0.3 is 5.97 Å². The van der Waals surface area contributed by atoms with E-state index in [-0.39, 0.29) is 11.8 Å². The largest absolute Gasteiger partial charge is 0.455 e. The average Bonchev–Trinajstić information content (AvgIpc) is 2.78. The third-order valence-electron chi connectivity index (χ3n) is 4.85. The first-order valence-corrected chi connectivity index (χ1v) is 9.48. The first-order valence-electron chi connectivity index (χ1n) is 9.48. The van der Waals surface area contributed by atoms with Gasteiger partial charge in [0, 0.05) is 24.3 Å². The molecule has 7 nitrogen and oxygen atoms in total. The van der Waals surface area contributed by atoms with E-state index in [9.17, 15) is 18.8 Å². The standard InChI is InChI=1S/C22H20FN3O4/c23-18-5-3-16(4-6-18)21(28)26-11-9-17(10-12-26)22(29)30-14-20(27)25-19-7-1-15(13-24)2-8-19/h1-8,17H,9-12,14H2,(H,25,27). The fourth-order valence-corrected chi connectivity index (χ4v) is 3.17. The number of benzene rings is 2. The highest BCUT2D eigenvalue weighted by molar-refractivity contribution is 5.94. The predicted octanol–water partition coefficient (Wildman–Crippen LogP) is 2.73. The molecule has 8 heteroatoms. The molecule has 1 fully saturated rings. The van der Waals surface area contributed by atoms with Crippen LogP contribution in [0, 0.1) is 23.1 Å². The molecule has 1 saturated heterocycles. The van der Waals surface area contributed by atoms with E-state index >= 15 is 0 Å². The van der Waals surface area contributed by atoms with E-state index in [4.69, 9.17) is 10.00 Å². The molecule has 3 rings (SSSR count). The van der Waals surface area contributed by atoms with Crippen molar-refractivity contribution in [3.63, 3.8) is 0 Å². The Bertz CT molecular complexity index is 959. The lowest BCUT2D eigenvalue weighted by molar-refractivity contribution is -0.152. The van der Waals surface area contributed by atoms with Crippen LogP contribution >= 0.6 is 0 Å². The maximum absolute atomic E-state index is 13.0. The number of piperidine rings is 1. The monoisotopic (exact) mass is 409 g/mol. The van der Waals surface area contributed by atoms with Crippen molar-refractivity contribution < 1.29 is 23.5 Å². The molecule has 0 aromatic heterocycles. The van der Waals surface area contributed by atoms with E-state index in [1.807, 2.05) is 6.07 Å². The second-order valence-electron chi connectivity index (χ2n) is 6.92. The third-order valence-corrected chi connectivity index (χ3v) is 4.85. The summed E-state index contributed by atoms with van der Waals surface area (Å²) in [6, 6.07) is 13.6. The molecule has 2 amide bonds. The van der Waals surface area contributed by atoms with Crippen molar-refractivity contribution in [3.05, 3.63) is 65.5 Å². The van der Waals surface area contributed by atoms with Gasteiger partial charge in [0.05, 0.1) is 17.6 Å². The second kappa shape index (κ2) is 9.65. The van der Waals surface area contributed by atoms with E-state index < -0.39 is 24.3 Å². The van der Waals surface area contributed by atoms with Gasteiger partial charge in [-0.2, -0.15) is 5.26 Å². The maximum atomic E-state index is 13.0. The molecule has 154 valence electrons. The molecule has 1 aliphatic rings. The SMILES string of the molecule is N#Cc1ccc(NC(=O)COC(=O)C2CCN(C(=O)c3ccc(F)cc3)CC2)cc1. The normalized spacial score (nSPS) is 13.9. The molecule has 1 heterocycles. The highest BCUT2D eigenvalue weighted by Gasteiger charge is 2.29. The van der Waals surface area contributed by atoms with E-state index in [1.165, 1.54) is 24.3 Å². The van der Waals surface area contributed by atoms with Crippen LogP contribution in [0.1, 0.15) is 28.8 Å². The zero-order chi connectivity index (χ0) is 21.5. The van der Waals surface area contributed by atoms with Gasteiger partial charge < -0.3 is 15.0 Å². The Morgan fingerprint density at radius 3 is 2.30 bits per heavy atom. The van der Waals surface area contributed by atoms with Crippen molar-refractivity contribution in [2.24, 2.45) is 5.92 Å². The Balaban J connectivity index is 1.42. The van der Waals surface area contributed by atoms with Crippen molar-refractivity contribution >= 4 is 23.5 Å². The minimum absolute atomic E-state index is 0.205. The molecule has 0 atom stereocenters. The van der Waals surface area contributed by atoms with Crippen LogP contribution in [0.3, 0.4) is 0 Å². The fraction of sp³-hybridized carbons (Fsp3) is 0.273. The van der Waals surface area contributed by atoms with Crippen molar-refractivity contribution in [3.8, 4) is 6.07 Å². The number of halogens is 1. The highest BCUT2D eigenvalue weighted by Crippen LogP contribution is 2.20. The average molecular weight is 409 g/mol. The Kier molecular flexibility index (Phi) is 6.75. The molecule has 2 aromatic carbocycles. The number of hydrogen-bond acceptors (Lipinski definition) is 5. The molecule has 2 aromatic rings. The van der Waals surface area contributed by atoms with E-state index in [2.05, 4.69) is 5.32 Å². The summed E-state index contributed by atoms with van der Waals surface area (Å²) in [5.41, 5.74) is 1.38. The minimum atomic E-state index is -0.475. The van der Waals surface area contributed by atoms with E-state index in [0.29, 0.717) is 42.7 Å². The Hall–Kier alpha value is -3.73. The Labute approximate surface area is 173 Å². The lowest BCUT2D eigenvalue weighted by Crippen LogP contribution is -2.41. The number of anilines is 1. The summed E-state index contributed by atoms with van der Waals surface area (Å²) in [5, 5.41) is 11.4. The van der Waals surface area contributed by atoms with Gasteiger partial charge in [-0.15, -0.1) is 0 Å². The molecule has 1 aliphatic heterocycles. The molecule has 1 N–H and O–H groups in total. The smallest absolute Gasteiger partial charge is 0.309 e. The number of nitrogens with zero attached hydrogens (tertiary/aromatic N) is 2. The van der Waals surface area contributed by atoms with Gasteiger partial charge in [-0.3, -0.25) is 14.4 Å². The molecule has 0 spiro atoms. The second-order valence-corrected chi connectivity index (χ2v) is 6.92. The van der Waals surface area contributed by atoms with Crippen LogP contribution in [0.5, 0.6) is 0 Å². The first kappa shape index (κ1) is 21.0. The third kappa shape index (κ3) is 5.41. The molecular formula is C22H20FN3O4. The predicted molar refractivity (Wildman–Crippen MR) is 106 cm³/mol. The van der Waals surface area contributed by atoms with E-state index in [0.717, 1.165) is 0 Å². The topological polar surface area (TPSA) is 99.5 Å². The number of likely N-dealkylation sites (tertiary alicyclic amines) is 1. The van der Waals surface area contributed by atoms with Gasteiger partial charge in [-0.05, 0) is 61.4 Å². The molecule has 30 heavy (non-hydrogen) atoms. The zero-order valence-electron chi connectivity index (χ0n) is 16.1. The Morgan fingerprint density at radius 1 is 1.07 bits per heavy atom. The van der Waals surface area contributed by atoms with E-state index in [1.54, 1.807) is 29.2 Å². The minimum Gasteiger partial charge on any atom is -0.455 e. The van der Waals surface area contributed by atoms with Gasteiger partial charge in [-0.25, -0.2) is 4.39 Å². The number of nitriles is 1. The number of rotatable bonds is 5. The van der Waals surface area contributed by atoms with Crippen molar-refractivity contribution in [1.29, 1.82) is 5.26 Å². The van der Waals surface area contributed by atoms with Gasteiger partial charge in [0.15, 0.2) is 6.61 Å². The lowest BCUT2D eigenvalue weighted by atomic mass is 9.96. The summed E-state index contributed by atoms with van der Waals surface area (Å²) in [4.78, 5) is 38.2. The molecule has 0 unspecified atom stereocenters. The number of carbonyl (C=O) groups excluding carboxylic acids is 3. The van der Waals surface area contributed by atoms with Crippen LogP contribution in [0.2, 0.25) is 0 Å². The highest BCUT2D eigenvalue weighted by atomic mass is 19.1. The number of amides is 2. The number of esters is 1. The quantitative estimate of drug-likeness (QED) is 0.766. The number of ether oxygens (including phenoxy) is 1. The maximum Gasteiger partial charge on any atom is 0.309 e. The first-order chi connectivity index (χ1) is 14.5. The van der Waals surface area contributed by atoms with Crippen LogP contribution < -0.4 is 5.32 Å². The van der Waals surface area contributed by atoms with Gasteiger partial charge in [0.2, 0.25) is 0 Å². The molecular weight excluding hydrogens is 389 g/mol. The summed E-state index contributed by atoms with van der Waals surface area (Å²) in [5.74, 6) is -1.94. The van der Waals surface area contributed by atoms with Gasteiger partial charge in [-0.1, -0.05) is 0 Å². The van der Waals surface area contributed by atoms with Crippen LogP contribution in [0.15, 0.2) is 48.5 Å². The summed E-state index contributed by atoms with van der Waals surface area (Å²) in [6.07, 6.45) is 0.867. The number of carbonyl (C=O) groups is 3. The van der Waals surface area contributed by atoms with Crippen LogP contribution in [0.4, 0.5) is 10.1 Å². The van der Waals surface area contributed by atoms with Crippen molar-refractivity contribution in [1.82, 2.24) is 4.90 Å². The molecule has 0 radical (unpaired) electrons. The summed E-state index contributed by atoms with van der Waals surface area (Å²) in [6.45, 7) is 0.356. The van der Waals surface area contributed by atoms with Gasteiger partial charge in [0.1, 0.15) is 5.82 Å². The van der Waals surface area contributed by atoms with Crippen molar-refractivity contribution in [2.75, 3.05) is 25.0 Å². The molecule has 0 bridgehead atoms. The summed E-state index contributed by atoms with van der Waals surface area (Å²) >= 11 is 0. The van der Waals surface area contributed by atoms with Crippen LogP contribution in [0.25, 0.3) is 0 Å². The van der Waals surface area contributed by atoms with Crippen LogP contribution in [-0.4, -0.2) is 42.4 Å². The van der Waals surface area contributed by atoms with Crippen molar-refractivity contribution in [2.45, 2.75) is 12.8 Å². The Morgan fingerprint density at radius 2 is 1.70 bits per heavy atom. The summed E-state index contributed by atoms with van der Waals surface area (Å²) < 4.78 is 18.1. The fourth-order valence-electron chi connectivity index (χ4n) is 3.17.